The van der Waals surface area contributed by atoms with Gasteiger partial charge in [-0.05, 0) is 49.5 Å². The number of halogens is 4. The number of β-amino-alcohol motifs (C(OH)–C–C–N with tert-alkyl or cyclic N) is 1. The minimum atomic E-state index is -4.81. The highest BCUT2D eigenvalue weighted by Gasteiger charge is 2.56. The summed E-state index contributed by atoms with van der Waals surface area (Å²) in [6.45, 7) is 4.84. The molecule has 1 aliphatic rings. The molecule has 1 aliphatic heterocycles. The van der Waals surface area contributed by atoms with E-state index in [0.717, 1.165) is 13.0 Å². The van der Waals surface area contributed by atoms with Gasteiger partial charge in [0.25, 0.3) is 0 Å². The summed E-state index contributed by atoms with van der Waals surface area (Å²) in [6.07, 6.45) is -4.70. The van der Waals surface area contributed by atoms with E-state index in [-0.39, 0.29) is 0 Å². The summed E-state index contributed by atoms with van der Waals surface area (Å²) < 4.78 is 60.6. The van der Waals surface area contributed by atoms with E-state index in [2.05, 4.69) is 5.32 Å². The molecule has 4 nitrogen and oxygen atoms in total. The molecule has 154 valence electrons. The lowest BCUT2D eigenvalue weighted by atomic mass is 9.74. The molecular weight excluding hydrogens is 364 g/mol. The Morgan fingerprint density at radius 2 is 1.89 bits per heavy atom. The number of ether oxygens (including phenoxy) is 1. The maximum atomic E-state index is 13.9. The highest BCUT2D eigenvalue weighted by molar-refractivity contribution is 5.39. The van der Waals surface area contributed by atoms with Crippen LogP contribution in [0, 0.1) is 5.82 Å². The van der Waals surface area contributed by atoms with E-state index in [1.165, 1.54) is 25.3 Å². The van der Waals surface area contributed by atoms with Gasteiger partial charge < -0.3 is 15.2 Å². The zero-order valence-corrected chi connectivity index (χ0v) is 16.0. The minimum absolute atomic E-state index is 0.296. The summed E-state index contributed by atoms with van der Waals surface area (Å²) in [4.78, 5) is 1.63. The molecule has 1 fully saturated rings. The van der Waals surface area contributed by atoms with Crippen molar-refractivity contribution in [3.05, 3.63) is 29.6 Å². The maximum absolute atomic E-state index is 13.9. The molecule has 27 heavy (non-hydrogen) atoms. The van der Waals surface area contributed by atoms with Crippen LogP contribution < -0.4 is 10.1 Å². The summed E-state index contributed by atoms with van der Waals surface area (Å²) in [5.74, 6) is -0.266. The van der Waals surface area contributed by atoms with Crippen LogP contribution in [0.3, 0.4) is 0 Å². The molecule has 8 heteroatoms. The number of alkyl halides is 3. The molecule has 1 saturated heterocycles. The summed E-state index contributed by atoms with van der Waals surface area (Å²) in [7, 11) is 1.38. The number of nitrogens with zero attached hydrogens (tertiary/aromatic N) is 1. The third-order valence-corrected chi connectivity index (χ3v) is 5.07. The van der Waals surface area contributed by atoms with Crippen molar-refractivity contribution >= 4 is 0 Å². The highest BCUT2D eigenvalue weighted by Crippen LogP contribution is 2.44. The van der Waals surface area contributed by atoms with Crippen LogP contribution in [0.5, 0.6) is 5.75 Å². The molecule has 0 bridgehead atoms. The van der Waals surface area contributed by atoms with Crippen molar-refractivity contribution in [2.75, 3.05) is 39.8 Å². The van der Waals surface area contributed by atoms with Crippen LogP contribution in [0.25, 0.3) is 0 Å². The number of hydrogen-bond acceptors (Lipinski definition) is 4. The minimum Gasteiger partial charge on any atom is -0.496 e. The molecule has 0 aliphatic carbocycles. The van der Waals surface area contributed by atoms with Crippen molar-refractivity contribution in [1.82, 2.24) is 10.2 Å². The molecule has 2 N–H and O–H groups in total. The third-order valence-electron chi connectivity index (χ3n) is 5.07. The molecule has 1 aromatic carbocycles. The third kappa shape index (κ3) is 5.33. The maximum Gasteiger partial charge on any atom is 0.418 e. The van der Waals surface area contributed by atoms with Crippen LogP contribution in [0.2, 0.25) is 0 Å². The fourth-order valence-corrected chi connectivity index (χ4v) is 3.71. The molecule has 0 spiro atoms. The average Bonchev–Trinajstić information content (AvgIpc) is 2.81. The van der Waals surface area contributed by atoms with Crippen molar-refractivity contribution in [2.24, 2.45) is 0 Å². The van der Waals surface area contributed by atoms with E-state index in [4.69, 9.17) is 4.74 Å². The molecule has 1 unspecified atom stereocenters. The second-order valence-corrected chi connectivity index (χ2v) is 7.81. The monoisotopic (exact) mass is 392 g/mol. The standard InChI is InChI=1S/C19H28F4N2O2/c1-17(2,15-11-14(20)5-6-16(15)27-3)12-18(26,19(21,22)23)13-25-9-4-7-24-8-10-25/h5-6,11,24,26H,4,7-10,12-13H2,1-3H3. The van der Waals surface area contributed by atoms with Crippen LogP contribution >= 0.6 is 0 Å². The zero-order chi connectivity index (χ0) is 20.3. The number of aliphatic hydroxyl groups is 1. The van der Waals surface area contributed by atoms with E-state index in [1.807, 2.05) is 0 Å². The smallest absolute Gasteiger partial charge is 0.418 e. The molecule has 1 aromatic rings. The Hall–Kier alpha value is -1.38. The zero-order valence-electron chi connectivity index (χ0n) is 16.0. The van der Waals surface area contributed by atoms with Crippen molar-refractivity contribution in [2.45, 2.75) is 43.9 Å². The van der Waals surface area contributed by atoms with Gasteiger partial charge in [0.1, 0.15) is 11.6 Å². The molecule has 0 aromatic heterocycles. The van der Waals surface area contributed by atoms with Gasteiger partial charge in [-0.1, -0.05) is 13.8 Å². The Balaban J connectivity index is 2.32. The van der Waals surface area contributed by atoms with E-state index in [9.17, 15) is 22.7 Å². The van der Waals surface area contributed by atoms with Crippen molar-refractivity contribution in [3.8, 4) is 5.75 Å². The predicted octanol–water partition coefficient (Wildman–Crippen LogP) is 3.09. The van der Waals surface area contributed by atoms with E-state index < -0.39 is 36.0 Å². The SMILES string of the molecule is COc1ccc(F)cc1C(C)(C)CC(O)(CN1CCCNCC1)C(F)(F)F. The molecular formula is C19H28F4N2O2. The topological polar surface area (TPSA) is 44.7 Å². The van der Waals surface area contributed by atoms with Crippen LogP contribution in [-0.2, 0) is 5.41 Å². The number of benzene rings is 1. The normalized spacial score (nSPS) is 19.4. The lowest BCUT2D eigenvalue weighted by Gasteiger charge is -2.40. The number of rotatable bonds is 6. The van der Waals surface area contributed by atoms with Gasteiger partial charge in [0.2, 0.25) is 0 Å². The summed E-state index contributed by atoms with van der Waals surface area (Å²) in [5, 5.41) is 13.8. The van der Waals surface area contributed by atoms with Crippen LogP contribution in [-0.4, -0.2) is 61.6 Å². The van der Waals surface area contributed by atoms with Crippen molar-refractivity contribution < 1.29 is 27.4 Å². The Labute approximate surface area is 157 Å². The van der Waals surface area contributed by atoms with Gasteiger partial charge in [-0.25, -0.2) is 4.39 Å². The van der Waals surface area contributed by atoms with Gasteiger partial charge in [-0.15, -0.1) is 0 Å². The molecule has 0 radical (unpaired) electrons. The second-order valence-electron chi connectivity index (χ2n) is 7.81. The van der Waals surface area contributed by atoms with Crippen molar-refractivity contribution in [3.63, 3.8) is 0 Å². The van der Waals surface area contributed by atoms with Gasteiger partial charge in [-0.3, -0.25) is 4.90 Å². The first-order valence-corrected chi connectivity index (χ1v) is 9.05. The first-order valence-electron chi connectivity index (χ1n) is 9.05. The van der Waals surface area contributed by atoms with Gasteiger partial charge in [0.05, 0.1) is 7.11 Å². The lowest BCUT2D eigenvalue weighted by molar-refractivity contribution is -0.271. The van der Waals surface area contributed by atoms with E-state index in [0.29, 0.717) is 30.9 Å². The number of nitrogens with one attached hydrogen (secondary N) is 1. The number of hydrogen-bond donors (Lipinski definition) is 2. The Morgan fingerprint density at radius 3 is 2.52 bits per heavy atom. The molecule has 0 amide bonds. The average molecular weight is 392 g/mol. The van der Waals surface area contributed by atoms with Gasteiger partial charge in [0.15, 0.2) is 5.60 Å². The van der Waals surface area contributed by atoms with Gasteiger partial charge in [-0.2, -0.15) is 13.2 Å². The van der Waals surface area contributed by atoms with E-state index in [1.54, 1.807) is 18.7 Å². The summed E-state index contributed by atoms with van der Waals surface area (Å²) in [6, 6.07) is 3.75. The molecule has 1 heterocycles. The fourth-order valence-electron chi connectivity index (χ4n) is 3.71. The first-order chi connectivity index (χ1) is 12.5. The van der Waals surface area contributed by atoms with Crippen LogP contribution in [0.15, 0.2) is 18.2 Å². The first kappa shape index (κ1) is 21.9. The highest BCUT2D eigenvalue weighted by atomic mass is 19.4. The second kappa shape index (κ2) is 8.32. The molecule has 1 atom stereocenters. The Kier molecular flexibility index (Phi) is 6.76. The Morgan fingerprint density at radius 1 is 1.19 bits per heavy atom. The molecule has 2 rings (SSSR count). The van der Waals surface area contributed by atoms with Gasteiger partial charge >= 0.3 is 6.18 Å². The predicted molar refractivity (Wildman–Crippen MR) is 95.5 cm³/mol. The van der Waals surface area contributed by atoms with Crippen LogP contribution in [0.1, 0.15) is 32.3 Å². The van der Waals surface area contributed by atoms with Gasteiger partial charge in [0, 0.05) is 25.2 Å². The Bertz CT molecular complexity index is 629. The largest absolute Gasteiger partial charge is 0.496 e. The lowest BCUT2D eigenvalue weighted by Crippen LogP contribution is -2.56. The summed E-state index contributed by atoms with van der Waals surface area (Å²) >= 11 is 0. The fraction of sp³-hybridized carbons (Fsp3) is 0.684. The van der Waals surface area contributed by atoms with Crippen molar-refractivity contribution in [1.29, 1.82) is 0 Å². The molecule has 0 saturated carbocycles. The van der Waals surface area contributed by atoms with Crippen LogP contribution in [0.4, 0.5) is 17.6 Å². The quantitative estimate of drug-likeness (QED) is 0.731. The van der Waals surface area contributed by atoms with E-state index >= 15 is 0 Å². The summed E-state index contributed by atoms with van der Waals surface area (Å²) in [5.41, 5.74) is -3.79. The number of methoxy groups -OCH3 is 1.